The van der Waals surface area contributed by atoms with Crippen LogP contribution in [0.4, 0.5) is 4.39 Å². The van der Waals surface area contributed by atoms with Crippen molar-refractivity contribution in [2.75, 3.05) is 26.7 Å². The first kappa shape index (κ1) is 13.8. The van der Waals surface area contributed by atoms with Gasteiger partial charge >= 0.3 is 0 Å². The minimum atomic E-state index is -0.508. The third kappa shape index (κ3) is 3.23. The van der Waals surface area contributed by atoms with Gasteiger partial charge in [-0.3, -0.25) is 4.79 Å². The second kappa shape index (κ2) is 6.02. The summed E-state index contributed by atoms with van der Waals surface area (Å²) in [7, 11) is 1.92. The van der Waals surface area contributed by atoms with Crippen LogP contribution in [0.3, 0.4) is 0 Å². The van der Waals surface area contributed by atoms with Gasteiger partial charge < -0.3 is 15.3 Å². The number of hydrogen-bond donors (Lipinski definition) is 2. The summed E-state index contributed by atoms with van der Waals surface area (Å²) in [5, 5.41) is 12.8. The highest BCUT2D eigenvalue weighted by Crippen LogP contribution is 2.23. The molecule has 1 amide bonds. The summed E-state index contributed by atoms with van der Waals surface area (Å²) in [6.45, 7) is 2.26. The Hall–Kier alpha value is -1.62. The average Bonchev–Trinajstić information content (AvgIpc) is 2.42. The molecule has 0 aromatic heterocycles. The molecule has 0 saturated carbocycles. The van der Waals surface area contributed by atoms with Crippen LogP contribution in [0.5, 0.6) is 5.75 Å². The van der Waals surface area contributed by atoms with Gasteiger partial charge in [0.1, 0.15) is 11.6 Å². The number of hydrogen-bond acceptors (Lipinski definition) is 3. The zero-order valence-electron chi connectivity index (χ0n) is 11.0. The third-order valence-corrected chi connectivity index (χ3v) is 3.58. The Kier molecular flexibility index (Phi) is 4.37. The molecule has 0 radical (unpaired) electrons. The molecule has 0 atom stereocenters. The van der Waals surface area contributed by atoms with Crippen molar-refractivity contribution >= 4 is 5.91 Å². The summed E-state index contributed by atoms with van der Waals surface area (Å²) in [5.74, 6) is -0.384. The van der Waals surface area contributed by atoms with Crippen molar-refractivity contribution < 1.29 is 14.3 Å². The molecule has 1 aliphatic heterocycles. The van der Waals surface area contributed by atoms with Crippen LogP contribution in [0.25, 0.3) is 0 Å². The highest BCUT2D eigenvalue weighted by molar-refractivity contribution is 5.96. The number of nitrogens with zero attached hydrogens (tertiary/aromatic N) is 1. The van der Waals surface area contributed by atoms with Crippen LogP contribution in [0.1, 0.15) is 23.2 Å². The molecule has 1 aromatic carbocycles. The second-order valence-electron chi connectivity index (χ2n) is 4.95. The number of rotatable bonds is 3. The normalized spacial score (nSPS) is 16.6. The van der Waals surface area contributed by atoms with Gasteiger partial charge in [0.15, 0.2) is 0 Å². The van der Waals surface area contributed by atoms with Gasteiger partial charge in [-0.05, 0) is 50.6 Å². The Morgan fingerprint density at radius 2 is 2.16 bits per heavy atom. The van der Waals surface area contributed by atoms with Gasteiger partial charge in [-0.2, -0.15) is 0 Å². The summed E-state index contributed by atoms with van der Waals surface area (Å²) in [6.07, 6.45) is 1.87. The minimum absolute atomic E-state index is 0.0482. The van der Waals surface area contributed by atoms with E-state index in [4.69, 9.17) is 0 Å². The van der Waals surface area contributed by atoms with Gasteiger partial charge in [-0.25, -0.2) is 4.39 Å². The first-order valence-electron chi connectivity index (χ1n) is 6.54. The Bertz CT molecular complexity index is 457. The van der Waals surface area contributed by atoms with Crippen LogP contribution >= 0.6 is 0 Å². The lowest BCUT2D eigenvalue weighted by Crippen LogP contribution is -2.40. The molecule has 1 fully saturated rings. The van der Waals surface area contributed by atoms with Gasteiger partial charge in [0, 0.05) is 13.1 Å². The Balaban J connectivity index is 2.03. The number of amides is 1. The van der Waals surface area contributed by atoms with Crippen molar-refractivity contribution in [2.45, 2.75) is 12.8 Å². The largest absolute Gasteiger partial charge is 0.507 e. The number of likely N-dealkylation sites (tertiary alicyclic amines) is 1. The molecule has 2 N–H and O–H groups in total. The number of carbonyl (C=O) groups excluding carboxylic acids is 1. The average molecular weight is 266 g/mol. The number of halogens is 1. The fourth-order valence-corrected chi connectivity index (χ4v) is 2.48. The van der Waals surface area contributed by atoms with E-state index in [0.717, 1.165) is 31.5 Å². The van der Waals surface area contributed by atoms with Crippen LogP contribution in [-0.2, 0) is 0 Å². The topological polar surface area (TPSA) is 52.6 Å². The molecule has 2 rings (SSSR count). The molecule has 1 aliphatic rings. The molecular weight excluding hydrogens is 247 g/mol. The monoisotopic (exact) mass is 266 g/mol. The van der Waals surface area contributed by atoms with E-state index < -0.39 is 5.82 Å². The molecule has 5 heteroatoms. The van der Waals surface area contributed by atoms with Crippen LogP contribution in [0.2, 0.25) is 0 Å². The molecule has 0 spiro atoms. The summed E-state index contributed by atoms with van der Waals surface area (Å²) >= 11 is 0. The Morgan fingerprint density at radius 1 is 1.47 bits per heavy atom. The number of aromatic hydroxyl groups is 1. The van der Waals surface area contributed by atoms with Crippen molar-refractivity contribution in [3.8, 4) is 5.75 Å². The van der Waals surface area contributed by atoms with E-state index in [9.17, 15) is 14.3 Å². The second-order valence-corrected chi connectivity index (χ2v) is 4.95. The molecule has 0 unspecified atom stereocenters. The van der Waals surface area contributed by atoms with Gasteiger partial charge in [0.25, 0.3) is 5.91 Å². The van der Waals surface area contributed by atoms with Crippen LogP contribution < -0.4 is 5.32 Å². The van der Waals surface area contributed by atoms with E-state index in [2.05, 4.69) is 5.32 Å². The first-order chi connectivity index (χ1) is 9.11. The molecule has 1 heterocycles. The molecule has 0 bridgehead atoms. The Labute approximate surface area is 112 Å². The number of phenolic OH excluding ortho intramolecular Hbond substituents is 1. The Morgan fingerprint density at radius 3 is 2.79 bits per heavy atom. The molecule has 1 aromatic rings. The van der Waals surface area contributed by atoms with Crippen molar-refractivity contribution in [2.24, 2.45) is 5.92 Å². The minimum Gasteiger partial charge on any atom is -0.507 e. The van der Waals surface area contributed by atoms with E-state index in [-0.39, 0.29) is 17.2 Å². The number of piperidine rings is 1. The lowest BCUT2D eigenvalue weighted by molar-refractivity contribution is 0.0687. The third-order valence-electron chi connectivity index (χ3n) is 3.58. The molecule has 0 aliphatic carbocycles. The quantitative estimate of drug-likeness (QED) is 0.874. The SMILES string of the molecule is CNCC1CCN(C(=O)c2cc(F)ccc2O)CC1. The number of benzene rings is 1. The zero-order chi connectivity index (χ0) is 13.8. The van der Waals surface area contributed by atoms with Crippen molar-refractivity contribution in [3.63, 3.8) is 0 Å². The summed E-state index contributed by atoms with van der Waals surface area (Å²) in [5.41, 5.74) is 0.0482. The summed E-state index contributed by atoms with van der Waals surface area (Å²) in [4.78, 5) is 13.9. The predicted molar refractivity (Wildman–Crippen MR) is 70.6 cm³/mol. The number of phenols is 1. The van der Waals surface area contributed by atoms with Crippen molar-refractivity contribution in [1.82, 2.24) is 10.2 Å². The lowest BCUT2D eigenvalue weighted by Gasteiger charge is -2.32. The number of nitrogens with one attached hydrogen (secondary N) is 1. The molecule has 1 saturated heterocycles. The standard InChI is InChI=1S/C14H19FN2O2/c1-16-9-10-4-6-17(7-5-10)14(19)12-8-11(15)2-3-13(12)18/h2-3,8,10,16,18H,4-7,9H2,1H3. The van der Waals surface area contributed by atoms with Crippen LogP contribution in [0, 0.1) is 11.7 Å². The molecule has 104 valence electrons. The smallest absolute Gasteiger partial charge is 0.257 e. The maximum Gasteiger partial charge on any atom is 0.257 e. The van der Waals surface area contributed by atoms with E-state index in [0.29, 0.717) is 19.0 Å². The molecule has 19 heavy (non-hydrogen) atoms. The van der Waals surface area contributed by atoms with Gasteiger partial charge in [0.2, 0.25) is 0 Å². The van der Waals surface area contributed by atoms with Crippen molar-refractivity contribution in [3.05, 3.63) is 29.6 Å². The van der Waals surface area contributed by atoms with Gasteiger partial charge in [0.05, 0.1) is 5.56 Å². The lowest BCUT2D eigenvalue weighted by atomic mass is 9.96. The van der Waals surface area contributed by atoms with E-state index in [1.165, 1.54) is 6.07 Å². The van der Waals surface area contributed by atoms with Gasteiger partial charge in [-0.1, -0.05) is 0 Å². The van der Waals surface area contributed by atoms with Crippen LogP contribution in [0.15, 0.2) is 18.2 Å². The van der Waals surface area contributed by atoms with E-state index in [1.807, 2.05) is 7.05 Å². The zero-order valence-corrected chi connectivity index (χ0v) is 11.0. The van der Waals surface area contributed by atoms with Crippen LogP contribution in [-0.4, -0.2) is 42.6 Å². The maximum atomic E-state index is 13.1. The fourth-order valence-electron chi connectivity index (χ4n) is 2.48. The van der Waals surface area contributed by atoms with E-state index in [1.54, 1.807) is 4.90 Å². The van der Waals surface area contributed by atoms with Gasteiger partial charge in [-0.15, -0.1) is 0 Å². The first-order valence-corrected chi connectivity index (χ1v) is 6.54. The summed E-state index contributed by atoms with van der Waals surface area (Å²) in [6, 6.07) is 3.46. The van der Waals surface area contributed by atoms with Crippen molar-refractivity contribution in [1.29, 1.82) is 0 Å². The molecule has 4 nitrogen and oxygen atoms in total. The highest BCUT2D eigenvalue weighted by Gasteiger charge is 2.25. The fraction of sp³-hybridized carbons (Fsp3) is 0.500. The van der Waals surface area contributed by atoms with E-state index >= 15 is 0 Å². The highest BCUT2D eigenvalue weighted by atomic mass is 19.1. The predicted octanol–water partition coefficient (Wildman–Crippen LogP) is 1.60. The maximum absolute atomic E-state index is 13.1. The summed E-state index contributed by atoms with van der Waals surface area (Å²) < 4.78 is 13.1. The molecular formula is C14H19FN2O2. The number of carbonyl (C=O) groups is 1.